The van der Waals surface area contributed by atoms with Gasteiger partial charge in [0.15, 0.2) is 17.9 Å². The number of rotatable bonds is 11. The summed E-state index contributed by atoms with van der Waals surface area (Å²) in [6, 6.07) is 9.09. The van der Waals surface area contributed by atoms with E-state index in [4.69, 9.17) is 9.47 Å². The molecule has 10 nitrogen and oxygen atoms in total. The number of fused-ring (bicyclic) bond motifs is 1. The predicted molar refractivity (Wildman–Crippen MR) is 189 cm³/mol. The van der Waals surface area contributed by atoms with Crippen molar-refractivity contribution in [3.05, 3.63) is 65.4 Å². The number of ether oxygens (including phenoxy) is 2. The second-order valence-corrected chi connectivity index (χ2v) is 14.6. The number of aldehydes is 1. The van der Waals surface area contributed by atoms with Crippen LogP contribution in [0.15, 0.2) is 43.0 Å². The molecule has 48 heavy (non-hydrogen) atoms. The van der Waals surface area contributed by atoms with Crippen LogP contribution < -0.4 is 14.4 Å². The number of carbonyl (C=O) groups is 1. The van der Waals surface area contributed by atoms with Gasteiger partial charge >= 0.3 is 0 Å². The number of nitrogens with zero attached hydrogens (tertiary/aromatic N) is 7. The topological polar surface area (TPSA) is 87.2 Å². The van der Waals surface area contributed by atoms with E-state index in [1.54, 1.807) is 12.5 Å². The first kappa shape index (κ1) is 34.3. The first-order chi connectivity index (χ1) is 23.2. The zero-order chi connectivity index (χ0) is 33.8. The highest BCUT2D eigenvalue weighted by Gasteiger charge is 2.54. The van der Waals surface area contributed by atoms with E-state index in [9.17, 15) is 4.79 Å². The first-order valence-electron chi connectivity index (χ1n) is 17.7. The van der Waals surface area contributed by atoms with Gasteiger partial charge in [-0.3, -0.25) is 14.7 Å². The van der Waals surface area contributed by atoms with Gasteiger partial charge < -0.3 is 24.2 Å². The van der Waals surface area contributed by atoms with E-state index in [1.165, 1.54) is 30.6 Å². The zero-order valence-corrected chi connectivity index (χ0v) is 29.7. The van der Waals surface area contributed by atoms with Crippen molar-refractivity contribution in [2.24, 2.45) is 5.41 Å². The molecule has 1 atom stereocenters. The number of aromatic nitrogens is 3. The highest BCUT2D eigenvalue weighted by atomic mass is 16.5. The molecule has 1 spiro atoms. The molecule has 7 rings (SSSR count). The summed E-state index contributed by atoms with van der Waals surface area (Å²) in [7, 11) is 4.36. The third-order valence-corrected chi connectivity index (χ3v) is 10.9. The molecule has 258 valence electrons. The summed E-state index contributed by atoms with van der Waals surface area (Å²) in [6.07, 6.45) is 11.8. The molecule has 0 bridgehead atoms. The summed E-state index contributed by atoms with van der Waals surface area (Å²) in [4.78, 5) is 34.6. The number of benzene rings is 1. The number of pyridine rings is 1. The Bertz CT molecular complexity index is 1550. The molecule has 3 aromatic rings. The summed E-state index contributed by atoms with van der Waals surface area (Å²) >= 11 is 0. The molecule has 2 aromatic heterocycles. The van der Waals surface area contributed by atoms with E-state index in [2.05, 4.69) is 75.5 Å². The van der Waals surface area contributed by atoms with Gasteiger partial charge in [0.25, 0.3) is 0 Å². The van der Waals surface area contributed by atoms with Crippen molar-refractivity contribution < 1.29 is 14.3 Å². The van der Waals surface area contributed by atoms with Gasteiger partial charge in [-0.05, 0) is 98.4 Å². The average Bonchev–Trinajstić information content (AvgIpc) is 3.05. The maximum atomic E-state index is 11.6. The normalized spacial score (nSPS) is 20.3. The van der Waals surface area contributed by atoms with Gasteiger partial charge in [0.1, 0.15) is 23.9 Å². The lowest BCUT2D eigenvalue weighted by Crippen LogP contribution is -2.65. The van der Waals surface area contributed by atoms with Crippen LogP contribution in [0.4, 0.5) is 5.82 Å². The van der Waals surface area contributed by atoms with Crippen LogP contribution in [0.5, 0.6) is 17.2 Å². The fraction of sp³-hybridized carbons (Fsp3) is 0.579. The van der Waals surface area contributed by atoms with Crippen LogP contribution in [0.3, 0.4) is 0 Å². The van der Waals surface area contributed by atoms with Crippen molar-refractivity contribution in [1.82, 2.24) is 29.7 Å². The van der Waals surface area contributed by atoms with Crippen LogP contribution >= 0.6 is 0 Å². The second-order valence-electron chi connectivity index (χ2n) is 14.6. The van der Waals surface area contributed by atoms with Crippen molar-refractivity contribution in [1.29, 1.82) is 0 Å². The zero-order valence-electron chi connectivity index (χ0n) is 29.7. The standard InChI is InChI=1S/C32H38N6O3.C6H15N/c1-22-3-4-28(23(13-22)18-39)41-30-16-33-21-35-31(30)38-19-32(20-38)14-25(15-32)40-29-5-9-34-27-8-12-37(17-26(27)29)11-7-24-6-10-36(24)2;1-5-7(4)6(2)3/h3-5,9,13,16,18,21,24-25H,6-8,10-12,14-15,17,19-20H2,1-2H3;6H,5H2,1-4H3. The molecule has 10 heteroatoms. The molecule has 1 aromatic carbocycles. The Morgan fingerprint density at radius 3 is 2.58 bits per heavy atom. The molecule has 0 amide bonds. The molecular weight excluding hydrogens is 602 g/mol. The summed E-state index contributed by atoms with van der Waals surface area (Å²) in [5.41, 5.74) is 4.26. The monoisotopic (exact) mass is 655 g/mol. The number of aryl methyl sites for hydroxylation is 1. The molecule has 4 aliphatic rings. The molecule has 1 aliphatic carbocycles. The lowest BCUT2D eigenvalue weighted by atomic mass is 9.61. The number of hydrogen-bond acceptors (Lipinski definition) is 10. The van der Waals surface area contributed by atoms with Crippen LogP contribution in [0.2, 0.25) is 0 Å². The van der Waals surface area contributed by atoms with Gasteiger partial charge in [-0.2, -0.15) is 0 Å². The highest BCUT2D eigenvalue weighted by Crippen LogP contribution is 2.52. The van der Waals surface area contributed by atoms with Crippen molar-refractivity contribution in [2.75, 3.05) is 58.3 Å². The molecule has 1 unspecified atom stereocenters. The van der Waals surface area contributed by atoms with Gasteiger partial charge in [-0.25, -0.2) is 9.97 Å². The third-order valence-electron chi connectivity index (χ3n) is 10.9. The Morgan fingerprint density at radius 2 is 1.92 bits per heavy atom. The Balaban J connectivity index is 0.000000519. The summed E-state index contributed by atoms with van der Waals surface area (Å²) in [6.45, 7) is 15.9. The van der Waals surface area contributed by atoms with Crippen LogP contribution in [0, 0.1) is 12.3 Å². The van der Waals surface area contributed by atoms with Gasteiger partial charge in [0, 0.05) is 67.6 Å². The highest BCUT2D eigenvalue weighted by molar-refractivity contribution is 5.80. The quantitative estimate of drug-likeness (QED) is 0.242. The minimum absolute atomic E-state index is 0.228. The smallest absolute Gasteiger partial charge is 0.188 e. The van der Waals surface area contributed by atoms with Crippen molar-refractivity contribution in [2.45, 2.75) is 84.5 Å². The number of hydrogen-bond donors (Lipinski definition) is 0. The Kier molecular flexibility index (Phi) is 10.6. The predicted octanol–water partition coefficient (Wildman–Crippen LogP) is 5.63. The second kappa shape index (κ2) is 14.9. The van der Waals surface area contributed by atoms with Crippen molar-refractivity contribution in [3.63, 3.8) is 0 Å². The van der Waals surface area contributed by atoms with E-state index in [-0.39, 0.29) is 11.5 Å². The fourth-order valence-electron chi connectivity index (χ4n) is 7.33. The minimum Gasteiger partial charge on any atom is -0.490 e. The van der Waals surface area contributed by atoms with Crippen LogP contribution in [0.25, 0.3) is 0 Å². The molecule has 5 heterocycles. The largest absolute Gasteiger partial charge is 0.490 e. The minimum atomic E-state index is 0.228. The third kappa shape index (κ3) is 7.66. The first-order valence-corrected chi connectivity index (χ1v) is 17.7. The van der Waals surface area contributed by atoms with E-state index in [1.807, 2.05) is 31.3 Å². The van der Waals surface area contributed by atoms with Gasteiger partial charge in [0.2, 0.25) is 0 Å². The summed E-state index contributed by atoms with van der Waals surface area (Å²) in [5.74, 6) is 2.87. The number of carbonyl (C=O) groups excluding carboxylic acids is 1. The number of likely N-dealkylation sites (tertiary alicyclic amines) is 1. The maximum absolute atomic E-state index is 11.6. The lowest BCUT2D eigenvalue weighted by molar-refractivity contribution is -0.0353. The summed E-state index contributed by atoms with van der Waals surface area (Å²) in [5, 5.41) is 0. The van der Waals surface area contributed by atoms with Crippen LogP contribution in [-0.2, 0) is 13.0 Å². The SMILES string of the molecule is CCN(C)C(C)C.Cc1ccc(Oc2cncnc2N2CC3(CC(Oc4ccnc5c4CN(CCC4CCN4C)CC5)C3)C2)c(C=O)c1. The Hall–Kier alpha value is -3.60. The molecule has 2 saturated heterocycles. The molecule has 0 N–H and O–H groups in total. The molecule has 1 saturated carbocycles. The lowest BCUT2D eigenvalue weighted by Gasteiger charge is -2.59. The average molecular weight is 656 g/mol. The number of anilines is 1. The van der Waals surface area contributed by atoms with Crippen molar-refractivity contribution in [3.8, 4) is 17.2 Å². The molecule has 3 aliphatic heterocycles. The Morgan fingerprint density at radius 1 is 1.10 bits per heavy atom. The van der Waals surface area contributed by atoms with E-state index in [0.29, 0.717) is 23.1 Å². The maximum Gasteiger partial charge on any atom is 0.188 e. The van der Waals surface area contributed by atoms with Crippen LogP contribution in [-0.4, -0.2) is 107 Å². The van der Waals surface area contributed by atoms with Gasteiger partial charge in [0.05, 0.1) is 11.8 Å². The van der Waals surface area contributed by atoms with E-state index >= 15 is 0 Å². The Labute approximate surface area is 286 Å². The molecule has 0 radical (unpaired) electrons. The van der Waals surface area contributed by atoms with Gasteiger partial charge in [-0.15, -0.1) is 0 Å². The fourth-order valence-corrected chi connectivity index (χ4v) is 7.33. The van der Waals surface area contributed by atoms with Gasteiger partial charge in [-0.1, -0.05) is 18.6 Å². The van der Waals surface area contributed by atoms with E-state index in [0.717, 1.165) is 88.0 Å². The molecule has 3 fully saturated rings. The van der Waals surface area contributed by atoms with Crippen molar-refractivity contribution >= 4 is 12.1 Å². The van der Waals surface area contributed by atoms with E-state index < -0.39 is 0 Å². The molecular formula is C38H53N7O3. The van der Waals surface area contributed by atoms with Crippen LogP contribution in [0.1, 0.15) is 73.6 Å². The summed E-state index contributed by atoms with van der Waals surface area (Å²) < 4.78 is 12.7.